The second-order valence-electron chi connectivity index (χ2n) is 6.44. The smallest absolute Gasteiger partial charge is 0.306 e. The van der Waals surface area contributed by atoms with E-state index in [9.17, 15) is 24.2 Å². The van der Waals surface area contributed by atoms with Gasteiger partial charge in [-0.2, -0.15) is 0 Å². The van der Waals surface area contributed by atoms with Crippen LogP contribution in [0.1, 0.15) is 29.4 Å². The summed E-state index contributed by atoms with van der Waals surface area (Å²) in [7, 11) is 1.22. The van der Waals surface area contributed by atoms with E-state index in [-0.39, 0.29) is 29.4 Å². The number of aromatic hydroxyl groups is 2. The van der Waals surface area contributed by atoms with Gasteiger partial charge in [0.2, 0.25) is 11.2 Å². The van der Waals surface area contributed by atoms with Gasteiger partial charge in [0.15, 0.2) is 5.76 Å². The number of methoxy groups -OCH3 is 1. The van der Waals surface area contributed by atoms with Gasteiger partial charge in [-0.25, -0.2) is 4.39 Å². The van der Waals surface area contributed by atoms with Crippen molar-refractivity contribution >= 4 is 17.7 Å². The third-order valence-electron chi connectivity index (χ3n) is 4.39. The molecule has 0 amide bonds. The summed E-state index contributed by atoms with van der Waals surface area (Å²) >= 11 is 1.13. The summed E-state index contributed by atoms with van der Waals surface area (Å²) < 4.78 is 24.4. The lowest BCUT2D eigenvalue weighted by molar-refractivity contribution is -0.140. The van der Waals surface area contributed by atoms with Gasteiger partial charge in [0, 0.05) is 11.0 Å². The molecule has 156 valence electrons. The summed E-state index contributed by atoms with van der Waals surface area (Å²) in [5.74, 6) is -2.31. The second kappa shape index (κ2) is 9.49. The van der Waals surface area contributed by atoms with Crippen molar-refractivity contribution in [2.45, 2.75) is 23.0 Å². The van der Waals surface area contributed by atoms with Crippen molar-refractivity contribution in [2.75, 3.05) is 7.11 Å². The number of carbonyl (C=O) groups is 1. The van der Waals surface area contributed by atoms with Crippen molar-refractivity contribution in [3.63, 3.8) is 0 Å². The number of esters is 1. The largest absolute Gasteiger partial charge is 0.508 e. The van der Waals surface area contributed by atoms with Crippen LogP contribution in [0.25, 0.3) is 0 Å². The average molecular weight is 430 g/mol. The normalized spacial score (nSPS) is 11.8. The molecule has 0 aliphatic heterocycles. The van der Waals surface area contributed by atoms with Crippen LogP contribution in [0.5, 0.6) is 11.5 Å². The van der Waals surface area contributed by atoms with Gasteiger partial charge in [0.05, 0.1) is 25.2 Å². The Morgan fingerprint density at radius 1 is 1.17 bits per heavy atom. The summed E-state index contributed by atoms with van der Waals surface area (Å²) in [5.41, 5.74) is -0.229. The highest BCUT2D eigenvalue weighted by atomic mass is 32.2. The van der Waals surface area contributed by atoms with Crippen molar-refractivity contribution < 1.29 is 28.6 Å². The van der Waals surface area contributed by atoms with Crippen LogP contribution in [0.3, 0.4) is 0 Å². The molecule has 0 unspecified atom stereocenters. The highest BCUT2D eigenvalue weighted by Gasteiger charge is 2.27. The number of rotatable bonds is 7. The Labute approximate surface area is 175 Å². The zero-order valence-electron chi connectivity index (χ0n) is 16.0. The second-order valence-corrected chi connectivity index (χ2v) is 7.45. The topological polar surface area (TPSA) is 97.0 Å². The maximum Gasteiger partial charge on any atom is 0.306 e. The zero-order chi connectivity index (χ0) is 21.7. The highest BCUT2D eigenvalue weighted by Crippen LogP contribution is 2.35. The lowest BCUT2D eigenvalue weighted by Crippen LogP contribution is -2.14. The van der Waals surface area contributed by atoms with E-state index in [4.69, 9.17) is 9.15 Å². The number of hydrogen-bond donors (Lipinski definition) is 2. The summed E-state index contributed by atoms with van der Waals surface area (Å²) in [6.45, 7) is 0. The number of ether oxygens (including phenoxy) is 1. The predicted molar refractivity (Wildman–Crippen MR) is 109 cm³/mol. The number of carbonyl (C=O) groups excluding carboxylic acids is 1. The molecular formula is C22H19FO6S. The van der Waals surface area contributed by atoms with E-state index < -0.39 is 28.9 Å². The SMILES string of the molecule is COC(=O)C[C@@H](c1cccc(O)c1)c1oc(CSc2ccccc2F)cc(=O)c1O. The summed E-state index contributed by atoms with van der Waals surface area (Å²) in [6.07, 6.45) is -0.222. The Balaban J connectivity index is 1.99. The van der Waals surface area contributed by atoms with Gasteiger partial charge in [-0.3, -0.25) is 9.59 Å². The molecule has 3 rings (SSSR count). The van der Waals surface area contributed by atoms with E-state index >= 15 is 0 Å². The van der Waals surface area contributed by atoms with Gasteiger partial charge in [0.1, 0.15) is 17.3 Å². The molecule has 0 radical (unpaired) electrons. The van der Waals surface area contributed by atoms with Crippen molar-refractivity contribution in [2.24, 2.45) is 0 Å². The van der Waals surface area contributed by atoms with Crippen molar-refractivity contribution in [3.05, 3.63) is 87.7 Å². The van der Waals surface area contributed by atoms with E-state index in [1.54, 1.807) is 30.3 Å². The fourth-order valence-electron chi connectivity index (χ4n) is 2.93. The van der Waals surface area contributed by atoms with Gasteiger partial charge >= 0.3 is 5.97 Å². The number of hydrogen-bond acceptors (Lipinski definition) is 7. The van der Waals surface area contributed by atoms with Crippen molar-refractivity contribution in [1.82, 2.24) is 0 Å². The first kappa shape index (κ1) is 21.4. The number of benzene rings is 2. The first-order chi connectivity index (χ1) is 14.4. The van der Waals surface area contributed by atoms with Crippen LogP contribution in [-0.2, 0) is 15.3 Å². The first-order valence-electron chi connectivity index (χ1n) is 8.98. The first-order valence-corrected chi connectivity index (χ1v) is 9.96. The molecule has 1 atom stereocenters. The van der Waals surface area contributed by atoms with Crippen LogP contribution in [0.4, 0.5) is 4.39 Å². The van der Waals surface area contributed by atoms with Gasteiger partial charge in [0.25, 0.3) is 0 Å². The lowest BCUT2D eigenvalue weighted by atomic mass is 9.92. The van der Waals surface area contributed by atoms with Crippen LogP contribution in [0.15, 0.2) is 68.7 Å². The summed E-state index contributed by atoms with van der Waals surface area (Å²) in [6, 6.07) is 13.4. The Morgan fingerprint density at radius 2 is 1.93 bits per heavy atom. The molecule has 3 aromatic rings. The Hall–Kier alpha value is -3.26. The van der Waals surface area contributed by atoms with Gasteiger partial charge in [-0.05, 0) is 29.8 Å². The molecule has 0 fully saturated rings. The van der Waals surface area contributed by atoms with Gasteiger partial charge < -0.3 is 19.4 Å². The third-order valence-corrected chi connectivity index (χ3v) is 5.46. The van der Waals surface area contributed by atoms with Crippen LogP contribution >= 0.6 is 11.8 Å². The van der Waals surface area contributed by atoms with Crippen LogP contribution in [0, 0.1) is 5.82 Å². The number of thioether (sulfide) groups is 1. The Morgan fingerprint density at radius 3 is 2.63 bits per heavy atom. The fraction of sp³-hybridized carbons (Fsp3) is 0.182. The minimum absolute atomic E-state index is 0.0459. The average Bonchev–Trinajstić information content (AvgIpc) is 2.73. The molecule has 1 heterocycles. The molecule has 0 spiro atoms. The van der Waals surface area contributed by atoms with E-state index in [2.05, 4.69) is 0 Å². The Kier molecular flexibility index (Phi) is 6.79. The van der Waals surface area contributed by atoms with E-state index in [1.165, 1.54) is 25.3 Å². The minimum Gasteiger partial charge on any atom is -0.508 e. The monoisotopic (exact) mass is 430 g/mol. The highest BCUT2D eigenvalue weighted by molar-refractivity contribution is 7.98. The molecular weight excluding hydrogens is 411 g/mol. The Bertz CT molecular complexity index is 1110. The molecule has 8 heteroatoms. The molecule has 6 nitrogen and oxygen atoms in total. The van der Waals surface area contributed by atoms with Crippen molar-refractivity contribution in [1.29, 1.82) is 0 Å². The molecule has 0 aliphatic carbocycles. The maximum absolute atomic E-state index is 13.9. The molecule has 0 saturated carbocycles. The van der Waals surface area contributed by atoms with Crippen LogP contribution in [-0.4, -0.2) is 23.3 Å². The predicted octanol–water partition coefficient (Wildman–Crippen LogP) is 4.18. The summed E-state index contributed by atoms with van der Waals surface area (Å²) in [5, 5.41) is 20.2. The van der Waals surface area contributed by atoms with E-state index in [1.807, 2.05) is 0 Å². The minimum atomic E-state index is -0.865. The summed E-state index contributed by atoms with van der Waals surface area (Å²) in [4.78, 5) is 24.7. The van der Waals surface area contributed by atoms with Crippen LogP contribution < -0.4 is 5.43 Å². The molecule has 1 aromatic heterocycles. The number of phenols is 1. The fourth-order valence-corrected chi connectivity index (χ4v) is 3.75. The van der Waals surface area contributed by atoms with E-state index in [0.29, 0.717) is 10.5 Å². The van der Waals surface area contributed by atoms with Gasteiger partial charge in [-0.15, -0.1) is 11.8 Å². The maximum atomic E-state index is 13.9. The van der Waals surface area contributed by atoms with Crippen molar-refractivity contribution in [3.8, 4) is 11.5 Å². The quantitative estimate of drug-likeness (QED) is 0.429. The van der Waals surface area contributed by atoms with Crippen LogP contribution in [0.2, 0.25) is 0 Å². The molecule has 2 aromatic carbocycles. The molecule has 0 saturated heterocycles. The molecule has 0 bridgehead atoms. The molecule has 30 heavy (non-hydrogen) atoms. The number of halogens is 1. The standard InChI is InChI=1S/C22H19FO6S/c1-28-20(26)11-16(13-5-4-6-14(24)9-13)22-21(27)18(25)10-15(29-22)12-30-19-8-3-2-7-17(19)23/h2-10,16,24,27H,11-12H2,1H3/t16-/m0/s1. The number of phenolic OH excluding ortho intramolecular Hbond substituents is 1. The van der Waals surface area contributed by atoms with Gasteiger partial charge in [-0.1, -0.05) is 24.3 Å². The zero-order valence-corrected chi connectivity index (χ0v) is 16.8. The molecule has 0 aliphatic rings. The lowest BCUT2D eigenvalue weighted by Gasteiger charge is -2.17. The third kappa shape index (κ3) is 5.01. The molecule has 2 N–H and O–H groups in total. The van der Waals surface area contributed by atoms with E-state index in [0.717, 1.165) is 17.8 Å².